The summed E-state index contributed by atoms with van der Waals surface area (Å²) in [5, 5.41) is 1.91. The fraction of sp³-hybridized carbons (Fsp3) is 0.583. The Balaban J connectivity index is 2.00. The van der Waals surface area contributed by atoms with Crippen LogP contribution < -0.4 is 5.73 Å². The lowest BCUT2D eigenvalue weighted by Crippen LogP contribution is -2.08. The maximum Gasteiger partial charge on any atom is 0.0966 e. The van der Waals surface area contributed by atoms with Crippen LogP contribution in [0.1, 0.15) is 37.7 Å². The molecule has 0 unspecified atom stereocenters. The molecule has 2 rings (SSSR count). The van der Waals surface area contributed by atoms with Gasteiger partial charge in [0.25, 0.3) is 0 Å². The first-order valence-corrected chi connectivity index (χ1v) is 6.52. The predicted octanol–water partition coefficient (Wildman–Crippen LogP) is 3.40. The number of pyridine rings is 1. The zero-order valence-electron chi connectivity index (χ0n) is 9.20. The third-order valence-electron chi connectivity index (χ3n) is 2.97. The van der Waals surface area contributed by atoms with Crippen LogP contribution in [0, 0.1) is 6.92 Å². The molecule has 0 radical (unpaired) electrons. The van der Waals surface area contributed by atoms with Crippen molar-refractivity contribution in [2.45, 2.75) is 49.3 Å². The summed E-state index contributed by atoms with van der Waals surface area (Å²) in [6.07, 6.45) is 8.63. The summed E-state index contributed by atoms with van der Waals surface area (Å²) in [6.45, 7) is 2.04. The molecule has 3 heteroatoms. The highest BCUT2D eigenvalue weighted by Crippen LogP contribution is 2.33. The Hall–Kier alpha value is -0.700. The van der Waals surface area contributed by atoms with Gasteiger partial charge in [-0.05, 0) is 31.4 Å². The molecule has 1 aliphatic carbocycles. The monoisotopic (exact) mass is 222 g/mol. The first-order valence-electron chi connectivity index (χ1n) is 5.64. The fourth-order valence-electron chi connectivity index (χ4n) is 1.96. The second-order valence-electron chi connectivity index (χ2n) is 4.26. The quantitative estimate of drug-likeness (QED) is 0.833. The van der Waals surface area contributed by atoms with Gasteiger partial charge in [0.2, 0.25) is 0 Å². The van der Waals surface area contributed by atoms with E-state index >= 15 is 0 Å². The molecule has 0 saturated heterocycles. The molecule has 1 fully saturated rings. The molecule has 2 nitrogen and oxygen atoms in total. The van der Waals surface area contributed by atoms with Gasteiger partial charge in [-0.25, -0.2) is 4.98 Å². The molecule has 1 heterocycles. The SMILES string of the molecule is Cc1cc(SC2CCCCC2)ncc1N. The van der Waals surface area contributed by atoms with Gasteiger partial charge in [-0.3, -0.25) is 0 Å². The van der Waals surface area contributed by atoms with Crippen LogP contribution in [0.15, 0.2) is 17.3 Å². The summed E-state index contributed by atoms with van der Waals surface area (Å²) >= 11 is 1.92. The summed E-state index contributed by atoms with van der Waals surface area (Å²) in [5.74, 6) is 0. The number of hydrogen-bond donors (Lipinski definition) is 1. The molecule has 0 amide bonds. The number of hydrogen-bond acceptors (Lipinski definition) is 3. The minimum absolute atomic E-state index is 0.772. The molecule has 0 spiro atoms. The van der Waals surface area contributed by atoms with Gasteiger partial charge >= 0.3 is 0 Å². The molecular formula is C12H18N2S. The molecule has 1 aromatic heterocycles. The second kappa shape index (κ2) is 4.88. The lowest BCUT2D eigenvalue weighted by molar-refractivity contribution is 0.515. The average molecular weight is 222 g/mol. The molecule has 0 aromatic carbocycles. The summed E-state index contributed by atoms with van der Waals surface area (Å²) < 4.78 is 0. The van der Waals surface area contributed by atoms with E-state index in [2.05, 4.69) is 11.1 Å². The van der Waals surface area contributed by atoms with Gasteiger partial charge in [0.05, 0.1) is 16.9 Å². The van der Waals surface area contributed by atoms with E-state index in [0.717, 1.165) is 21.5 Å². The average Bonchev–Trinajstić information content (AvgIpc) is 2.25. The number of aromatic nitrogens is 1. The van der Waals surface area contributed by atoms with Crippen molar-refractivity contribution in [1.29, 1.82) is 0 Å². The molecule has 1 aliphatic rings. The third-order valence-corrected chi connectivity index (χ3v) is 4.24. The highest BCUT2D eigenvalue weighted by atomic mass is 32.2. The van der Waals surface area contributed by atoms with Crippen LogP contribution in [-0.4, -0.2) is 10.2 Å². The van der Waals surface area contributed by atoms with Gasteiger partial charge in [-0.15, -0.1) is 11.8 Å². The van der Waals surface area contributed by atoms with Gasteiger partial charge in [0.15, 0.2) is 0 Å². The first kappa shape index (κ1) is 10.8. The van der Waals surface area contributed by atoms with Crippen molar-refractivity contribution in [1.82, 2.24) is 4.98 Å². The number of thioether (sulfide) groups is 1. The summed E-state index contributed by atoms with van der Waals surface area (Å²) in [7, 11) is 0. The Morgan fingerprint density at radius 1 is 1.33 bits per heavy atom. The molecule has 1 saturated carbocycles. The number of anilines is 1. The largest absolute Gasteiger partial charge is 0.397 e. The van der Waals surface area contributed by atoms with Gasteiger partial charge in [0.1, 0.15) is 0 Å². The number of aryl methyl sites for hydroxylation is 1. The number of nitrogen functional groups attached to an aromatic ring is 1. The van der Waals surface area contributed by atoms with Crippen molar-refractivity contribution < 1.29 is 0 Å². The Morgan fingerprint density at radius 2 is 2.07 bits per heavy atom. The lowest BCUT2D eigenvalue weighted by atomic mass is 10.0. The van der Waals surface area contributed by atoms with E-state index in [4.69, 9.17) is 5.73 Å². The summed E-state index contributed by atoms with van der Waals surface area (Å²) in [6, 6.07) is 2.11. The molecule has 15 heavy (non-hydrogen) atoms. The molecule has 0 bridgehead atoms. The maximum absolute atomic E-state index is 5.75. The van der Waals surface area contributed by atoms with Gasteiger partial charge in [-0.1, -0.05) is 19.3 Å². The van der Waals surface area contributed by atoms with Crippen LogP contribution in [0.4, 0.5) is 5.69 Å². The van der Waals surface area contributed by atoms with Crippen LogP contribution in [0.25, 0.3) is 0 Å². The highest BCUT2D eigenvalue weighted by molar-refractivity contribution is 7.99. The predicted molar refractivity (Wildman–Crippen MR) is 66.1 cm³/mol. The van der Waals surface area contributed by atoms with E-state index in [1.165, 1.54) is 32.1 Å². The Labute approximate surface area is 95.7 Å². The zero-order chi connectivity index (χ0) is 10.7. The topological polar surface area (TPSA) is 38.9 Å². The van der Waals surface area contributed by atoms with Crippen molar-refractivity contribution in [3.05, 3.63) is 17.8 Å². The van der Waals surface area contributed by atoms with Crippen molar-refractivity contribution >= 4 is 17.4 Å². The smallest absolute Gasteiger partial charge is 0.0966 e. The minimum Gasteiger partial charge on any atom is -0.397 e. The highest BCUT2D eigenvalue weighted by Gasteiger charge is 2.15. The first-order chi connectivity index (χ1) is 7.25. The van der Waals surface area contributed by atoms with E-state index in [1.54, 1.807) is 6.20 Å². The normalized spacial score (nSPS) is 17.9. The fourth-order valence-corrected chi connectivity index (χ4v) is 3.23. The van der Waals surface area contributed by atoms with Crippen molar-refractivity contribution in [2.75, 3.05) is 5.73 Å². The lowest BCUT2D eigenvalue weighted by Gasteiger charge is -2.20. The number of rotatable bonds is 2. The zero-order valence-corrected chi connectivity index (χ0v) is 10.0. The van der Waals surface area contributed by atoms with E-state index in [1.807, 2.05) is 18.7 Å². The van der Waals surface area contributed by atoms with Crippen molar-refractivity contribution in [3.63, 3.8) is 0 Å². The van der Waals surface area contributed by atoms with E-state index in [9.17, 15) is 0 Å². The molecule has 0 aliphatic heterocycles. The van der Waals surface area contributed by atoms with Crippen molar-refractivity contribution in [3.8, 4) is 0 Å². The van der Waals surface area contributed by atoms with E-state index in [-0.39, 0.29) is 0 Å². The van der Waals surface area contributed by atoms with Gasteiger partial charge < -0.3 is 5.73 Å². The van der Waals surface area contributed by atoms with Crippen LogP contribution in [0.5, 0.6) is 0 Å². The van der Waals surface area contributed by atoms with Crippen LogP contribution in [0.2, 0.25) is 0 Å². The number of nitrogens with zero attached hydrogens (tertiary/aromatic N) is 1. The van der Waals surface area contributed by atoms with Crippen LogP contribution in [0.3, 0.4) is 0 Å². The van der Waals surface area contributed by atoms with Crippen molar-refractivity contribution in [2.24, 2.45) is 0 Å². The standard InChI is InChI=1S/C12H18N2S/c1-9-7-12(14-8-11(9)13)15-10-5-3-2-4-6-10/h7-8,10H,2-6,13H2,1H3. The molecule has 1 aromatic rings. The summed E-state index contributed by atoms with van der Waals surface area (Å²) in [5.41, 5.74) is 7.69. The minimum atomic E-state index is 0.772. The Morgan fingerprint density at radius 3 is 2.73 bits per heavy atom. The van der Waals surface area contributed by atoms with Gasteiger partial charge in [0, 0.05) is 5.25 Å². The van der Waals surface area contributed by atoms with Crippen LogP contribution >= 0.6 is 11.8 Å². The third kappa shape index (κ3) is 2.88. The number of nitrogens with two attached hydrogens (primary N) is 1. The summed E-state index contributed by atoms with van der Waals surface area (Å²) in [4.78, 5) is 4.37. The molecule has 0 atom stereocenters. The Kier molecular flexibility index (Phi) is 3.52. The van der Waals surface area contributed by atoms with E-state index < -0.39 is 0 Å². The van der Waals surface area contributed by atoms with E-state index in [0.29, 0.717) is 0 Å². The second-order valence-corrected chi connectivity index (χ2v) is 5.58. The maximum atomic E-state index is 5.75. The molecule has 2 N–H and O–H groups in total. The van der Waals surface area contributed by atoms with Crippen LogP contribution in [-0.2, 0) is 0 Å². The molecular weight excluding hydrogens is 204 g/mol. The molecule has 82 valence electrons. The van der Waals surface area contributed by atoms with Gasteiger partial charge in [-0.2, -0.15) is 0 Å². The Bertz CT molecular complexity index is 332.